The molecule has 2 aliphatic rings. The largest absolute Gasteiger partial charge is 0.445 e. The highest BCUT2D eigenvalue weighted by Gasteiger charge is 2.45. The summed E-state index contributed by atoms with van der Waals surface area (Å²) in [5, 5.41) is 0. The first-order valence-corrected chi connectivity index (χ1v) is 18.1. The molecule has 0 aromatic heterocycles. The fourth-order valence-electron chi connectivity index (χ4n) is 4.96. The maximum absolute atomic E-state index is 6.38. The Hall–Kier alpha value is -1.26. The molecule has 0 amide bonds. The number of aryl methyl sites for hydroxylation is 2. The topological polar surface area (TPSA) is 55.4 Å². The Labute approximate surface area is 250 Å². The zero-order valence-electron chi connectivity index (χ0n) is 25.9. The van der Waals surface area contributed by atoms with Gasteiger partial charge in [0.2, 0.25) is 0 Å². The first-order valence-electron chi connectivity index (χ1n) is 15.6. The van der Waals surface area contributed by atoms with Crippen molar-refractivity contribution in [2.75, 3.05) is 26.2 Å². The number of hydrogen-bond donors (Lipinski definition) is 0. The fraction of sp³-hybridized carbons (Fsp3) is 0.636. The third-order valence-corrected chi connectivity index (χ3v) is 10.5. The molecule has 0 radical (unpaired) electrons. The van der Waals surface area contributed by atoms with Crippen molar-refractivity contribution < 1.29 is 27.4 Å². The first-order chi connectivity index (χ1) is 19.9. The van der Waals surface area contributed by atoms with Crippen molar-refractivity contribution in [3.05, 3.63) is 58.7 Å². The summed E-state index contributed by atoms with van der Waals surface area (Å²) in [6.45, 7) is 14.5. The van der Waals surface area contributed by atoms with Crippen LogP contribution in [-0.2, 0) is 31.1 Å². The number of hydrogen-bond acceptors (Lipinski definition) is 6. The van der Waals surface area contributed by atoms with E-state index in [-0.39, 0.29) is 0 Å². The Kier molecular flexibility index (Phi) is 12.7. The SMILES string of the molecule is CCCCc1ccc(OP2OCC3(COP(Oc4ccc(C(C)CC)cc4CCCC)CO3)CO2)c(C(C)CC)c1. The Balaban J connectivity index is 1.31. The van der Waals surface area contributed by atoms with Gasteiger partial charge in [-0.3, -0.25) is 9.05 Å². The van der Waals surface area contributed by atoms with Crippen LogP contribution in [0.25, 0.3) is 0 Å². The molecule has 2 aromatic rings. The van der Waals surface area contributed by atoms with Crippen molar-refractivity contribution in [2.45, 2.75) is 110 Å². The highest BCUT2D eigenvalue weighted by molar-refractivity contribution is 7.47. The van der Waals surface area contributed by atoms with Crippen LogP contribution in [0.3, 0.4) is 0 Å². The lowest BCUT2D eigenvalue weighted by Gasteiger charge is -2.42. The molecule has 6 nitrogen and oxygen atoms in total. The van der Waals surface area contributed by atoms with Gasteiger partial charge in [0.15, 0.2) is 0 Å². The summed E-state index contributed by atoms with van der Waals surface area (Å²) in [7, 11) is -2.69. The van der Waals surface area contributed by atoms with Gasteiger partial charge < -0.3 is 18.3 Å². The van der Waals surface area contributed by atoms with E-state index in [2.05, 4.69) is 77.9 Å². The second kappa shape index (κ2) is 16.0. The lowest BCUT2D eigenvalue weighted by atomic mass is 9.94. The van der Waals surface area contributed by atoms with E-state index in [0.717, 1.165) is 50.0 Å². The predicted octanol–water partition coefficient (Wildman–Crippen LogP) is 10.2. The molecule has 3 unspecified atom stereocenters. The lowest BCUT2D eigenvalue weighted by Crippen LogP contribution is -2.50. The molecule has 3 atom stereocenters. The van der Waals surface area contributed by atoms with Crippen molar-refractivity contribution in [1.82, 2.24) is 0 Å². The summed E-state index contributed by atoms with van der Waals surface area (Å²) in [6.07, 6.45) is 9.35. The van der Waals surface area contributed by atoms with E-state index < -0.39 is 22.6 Å². The minimum atomic E-state index is -1.50. The zero-order chi connectivity index (χ0) is 29.2. The average molecular weight is 605 g/mol. The molecule has 2 saturated heterocycles. The van der Waals surface area contributed by atoms with Gasteiger partial charge in [0.1, 0.15) is 23.4 Å². The number of rotatable bonds is 14. The van der Waals surface area contributed by atoms with E-state index in [1.807, 2.05) is 0 Å². The Morgan fingerprint density at radius 1 is 0.780 bits per heavy atom. The Morgan fingerprint density at radius 3 is 2.12 bits per heavy atom. The van der Waals surface area contributed by atoms with Crippen molar-refractivity contribution >= 4 is 17.0 Å². The molecule has 1 spiro atoms. The molecule has 228 valence electrons. The van der Waals surface area contributed by atoms with E-state index in [9.17, 15) is 0 Å². The van der Waals surface area contributed by atoms with Gasteiger partial charge in [-0.1, -0.05) is 78.6 Å². The summed E-state index contributed by atoms with van der Waals surface area (Å²) >= 11 is 0. The molecule has 0 N–H and O–H groups in total. The number of unbranched alkanes of at least 4 members (excludes halogenated alkanes) is 2. The van der Waals surface area contributed by atoms with Crippen LogP contribution in [0.5, 0.6) is 11.5 Å². The van der Waals surface area contributed by atoms with Crippen molar-refractivity contribution in [3.8, 4) is 11.5 Å². The van der Waals surface area contributed by atoms with Crippen LogP contribution < -0.4 is 9.05 Å². The second-order valence-electron chi connectivity index (χ2n) is 11.6. The standard InChI is InChI=1S/C33H50O6P2/c1-7-11-13-27-15-17-32(30(19-27)26(6)10-4)39-41-36-22-33(23-37-41)21-35-40(24-34-33)38-31-18-16-28(25(5)9-3)20-29(31)14-12-8-2/h15-20,25-26H,7-14,21-24H2,1-6H3. The Morgan fingerprint density at radius 2 is 1.46 bits per heavy atom. The van der Waals surface area contributed by atoms with E-state index in [0.29, 0.717) is 38.0 Å². The molecular formula is C33H50O6P2. The summed E-state index contributed by atoms with van der Waals surface area (Å²) < 4.78 is 37.4. The molecule has 2 heterocycles. The van der Waals surface area contributed by atoms with Gasteiger partial charge in [0.25, 0.3) is 8.38 Å². The van der Waals surface area contributed by atoms with E-state index in [4.69, 9.17) is 27.4 Å². The summed E-state index contributed by atoms with van der Waals surface area (Å²) in [6, 6.07) is 13.2. The summed E-state index contributed by atoms with van der Waals surface area (Å²) in [5.74, 6) is 2.72. The smallest absolute Gasteiger partial charge is 0.397 e. The maximum Gasteiger partial charge on any atom is 0.397 e. The fourth-order valence-corrected chi connectivity index (χ4v) is 7.48. The zero-order valence-corrected chi connectivity index (χ0v) is 27.7. The minimum Gasteiger partial charge on any atom is -0.445 e. The van der Waals surface area contributed by atoms with Gasteiger partial charge in [0.05, 0.1) is 19.8 Å². The first kappa shape index (κ1) is 32.6. The quantitative estimate of drug-likeness (QED) is 0.200. The highest BCUT2D eigenvalue weighted by Crippen LogP contribution is 2.52. The third-order valence-electron chi connectivity index (χ3n) is 8.29. The van der Waals surface area contributed by atoms with Crippen LogP contribution in [0.1, 0.15) is 114 Å². The van der Waals surface area contributed by atoms with Crippen LogP contribution in [0.4, 0.5) is 0 Å². The molecule has 2 aliphatic heterocycles. The third kappa shape index (κ3) is 8.88. The van der Waals surface area contributed by atoms with Crippen LogP contribution in [-0.4, -0.2) is 31.8 Å². The van der Waals surface area contributed by atoms with Crippen LogP contribution in [0.2, 0.25) is 0 Å². The molecule has 8 heteroatoms. The lowest BCUT2D eigenvalue weighted by molar-refractivity contribution is -0.141. The molecule has 2 fully saturated rings. The van der Waals surface area contributed by atoms with Gasteiger partial charge in [-0.15, -0.1) is 0 Å². The van der Waals surface area contributed by atoms with Crippen molar-refractivity contribution in [1.29, 1.82) is 0 Å². The average Bonchev–Trinajstić information content (AvgIpc) is 3.01. The van der Waals surface area contributed by atoms with Gasteiger partial charge >= 0.3 is 8.60 Å². The highest BCUT2D eigenvalue weighted by atomic mass is 31.2. The molecule has 41 heavy (non-hydrogen) atoms. The molecule has 2 aromatic carbocycles. The van der Waals surface area contributed by atoms with Gasteiger partial charge in [-0.2, -0.15) is 0 Å². The van der Waals surface area contributed by atoms with Crippen LogP contribution >= 0.6 is 17.0 Å². The summed E-state index contributed by atoms with van der Waals surface area (Å²) in [5.41, 5.74) is 4.60. The second-order valence-corrected chi connectivity index (χ2v) is 14.1. The summed E-state index contributed by atoms with van der Waals surface area (Å²) in [4.78, 5) is 0. The van der Waals surface area contributed by atoms with E-state index >= 15 is 0 Å². The van der Waals surface area contributed by atoms with Crippen LogP contribution in [0.15, 0.2) is 36.4 Å². The van der Waals surface area contributed by atoms with Crippen LogP contribution in [0, 0.1) is 0 Å². The van der Waals surface area contributed by atoms with Gasteiger partial charge in [-0.05, 0) is 84.7 Å². The van der Waals surface area contributed by atoms with Crippen molar-refractivity contribution in [2.24, 2.45) is 0 Å². The molecule has 0 aliphatic carbocycles. The van der Waals surface area contributed by atoms with Crippen molar-refractivity contribution in [3.63, 3.8) is 0 Å². The normalized spacial score (nSPS) is 24.2. The molecule has 0 bridgehead atoms. The minimum absolute atomic E-state index is 0.375. The molecule has 4 rings (SSSR count). The van der Waals surface area contributed by atoms with Gasteiger partial charge in [0, 0.05) is 0 Å². The maximum atomic E-state index is 6.38. The predicted molar refractivity (Wildman–Crippen MR) is 169 cm³/mol. The monoisotopic (exact) mass is 604 g/mol. The Bertz CT molecular complexity index is 1080. The number of benzene rings is 2. The molecular weight excluding hydrogens is 554 g/mol. The van der Waals surface area contributed by atoms with E-state index in [1.54, 1.807) is 0 Å². The number of ether oxygens (including phenoxy) is 1. The van der Waals surface area contributed by atoms with Gasteiger partial charge in [-0.25, -0.2) is 0 Å². The van der Waals surface area contributed by atoms with E-state index in [1.165, 1.54) is 35.1 Å². The molecule has 0 saturated carbocycles.